The molecule has 2 rings (SSSR count). The molecule has 1 atom stereocenters. The minimum absolute atomic E-state index is 0.453. The molecule has 0 amide bonds. The van der Waals surface area contributed by atoms with Gasteiger partial charge in [0.25, 0.3) is 0 Å². The van der Waals surface area contributed by atoms with Crippen molar-refractivity contribution < 1.29 is 0 Å². The zero-order valence-electron chi connectivity index (χ0n) is 9.07. The molecule has 0 bridgehead atoms. The van der Waals surface area contributed by atoms with E-state index in [1.165, 1.54) is 14.9 Å². The van der Waals surface area contributed by atoms with E-state index in [0.29, 0.717) is 6.04 Å². The van der Waals surface area contributed by atoms with Crippen molar-refractivity contribution >= 4 is 38.6 Å². The topological polar surface area (TPSA) is 12.0 Å². The number of thiophene rings is 2. The lowest BCUT2D eigenvalue weighted by molar-refractivity contribution is 0.556. The van der Waals surface area contributed by atoms with E-state index in [2.05, 4.69) is 49.5 Å². The Morgan fingerprint density at radius 2 is 2.25 bits per heavy atom. The van der Waals surface area contributed by atoms with Gasteiger partial charge in [0.1, 0.15) is 0 Å². The third kappa shape index (κ3) is 2.94. The largest absolute Gasteiger partial charge is 0.312 e. The maximum Gasteiger partial charge on any atom is 0.0426 e. The Kier molecular flexibility index (Phi) is 4.58. The van der Waals surface area contributed by atoms with Gasteiger partial charge in [0, 0.05) is 15.4 Å². The van der Waals surface area contributed by atoms with Crippen LogP contribution < -0.4 is 5.32 Å². The molecule has 16 heavy (non-hydrogen) atoms. The molecular weight excluding hydrogens is 302 g/mol. The highest BCUT2D eigenvalue weighted by Gasteiger charge is 2.13. The van der Waals surface area contributed by atoms with Gasteiger partial charge in [-0.05, 0) is 69.7 Å². The van der Waals surface area contributed by atoms with Crippen molar-refractivity contribution in [1.29, 1.82) is 0 Å². The molecule has 0 aliphatic carbocycles. The predicted molar refractivity (Wildman–Crippen MR) is 76.5 cm³/mol. The molecule has 86 valence electrons. The summed E-state index contributed by atoms with van der Waals surface area (Å²) in [5, 5.41) is 9.90. The molecule has 0 aromatic carbocycles. The summed E-state index contributed by atoms with van der Waals surface area (Å²) >= 11 is 7.18. The number of aryl methyl sites for hydroxylation is 1. The van der Waals surface area contributed by atoms with Gasteiger partial charge in [0.05, 0.1) is 0 Å². The van der Waals surface area contributed by atoms with Crippen molar-refractivity contribution in [3.05, 3.63) is 43.2 Å². The van der Waals surface area contributed by atoms with Crippen LogP contribution in [0.5, 0.6) is 0 Å². The second kappa shape index (κ2) is 5.96. The highest BCUT2D eigenvalue weighted by molar-refractivity contribution is 9.10. The average molecular weight is 316 g/mol. The Hall–Kier alpha value is -0.160. The molecule has 1 nitrogen and oxygen atoms in total. The van der Waals surface area contributed by atoms with Crippen LogP contribution in [0.1, 0.15) is 22.9 Å². The zero-order valence-corrected chi connectivity index (χ0v) is 12.3. The smallest absolute Gasteiger partial charge is 0.0426 e. The van der Waals surface area contributed by atoms with Crippen molar-refractivity contribution in [2.75, 3.05) is 7.05 Å². The van der Waals surface area contributed by atoms with Gasteiger partial charge in [-0.3, -0.25) is 0 Å². The molecule has 2 heterocycles. The SMILES string of the molecule is CNC(CCc1ccsc1)c1sccc1Br. The number of hydrogen-bond donors (Lipinski definition) is 1. The van der Waals surface area contributed by atoms with E-state index in [1.54, 1.807) is 11.3 Å². The molecule has 0 radical (unpaired) electrons. The average Bonchev–Trinajstić information content (AvgIpc) is 2.92. The Balaban J connectivity index is 1.99. The fraction of sp³-hybridized carbons (Fsp3) is 0.333. The summed E-state index contributed by atoms with van der Waals surface area (Å²) in [6.07, 6.45) is 2.28. The molecule has 4 heteroatoms. The maximum absolute atomic E-state index is 3.60. The minimum atomic E-state index is 0.453. The minimum Gasteiger partial charge on any atom is -0.312 e. The summed E-state index contributed by atoms with van der Waals surface area (Å²) in [6, 6.07) is 4.78. The van der Waals surface area contributed by atoms with E-state index in [-0.39, 0.29) is 0 Å². The van der Waals surface area contributed by atoms with Gasteiger partial charge in [-0.25, -0.2) is 0 Å². The van der Waals surface area contributed by atoms with Crippen LogP contribution in [0.4, 0.5) is 0 Å². The Morgan fingerprint density at radius 3 is 2.81 bits per heavy atom. The summed E-state index contributed by atoms with van der Waals surface area (Å²) in [6.45, 7) is 0. The second-order valence-electron chi connectivity index (χ2n) is 3.64. The molecule has 0 saturated heterocycles. The molecule has 1 unspecified atom stereocenters. The van der Waals surface area contributed by atoms with E-state index >= 15 is 0 Å². The normalized spacial score (nSPS) is 12.9. The van der Waals surface area contributed by atoms with Crippen molar-refractivity contribution in [2.45, 2.75) is 18.9 Å². The molecular formula is C12H14BrNS2. The monoisotopic (exact) mass is 315 g/mol. The zero-order chi connectivity index (χ0) is 11.4. The fourth-order valence-corrected chi connectivity index (χ4v) is 4.20. The molecule has 2 aromatic heterocycles. The molecule has 0 fully saturated rings. The van der Waals surface area contributed by atoms with Crippen LogP contribution in [0.3, 0.4) is 0 Å². The molecule has 0 spiro atoms. The molecule has 0 aliphatic heterocycles. The lowest BCUT2D eigenvalue weighted by Crippen LogP contribution is -2.16. The highest BCUT2D eigenvalue weighted by atomic mass is 79.9. The lowest BCUT2D eigenvalue weighted by Gasteiger charge is -2.14. The van der Waals surface area contributed by atoms with Crippen LogP contribution >= 0.6 is 38.6 Å². The first-order valence-electron chi connectivity index (χ1n) is 5.22. The summed E-state index contributed by atoms with van der Waals surface area (Å²) in [4.78, 5) is 1.40. The number of halogens is 1. The lowest BCUT2D eigenvalue weighted by atomic mass is 10.1. The maximum atomic E-state index is 3.60. The van der Waals surface area contributed by atoms with Gasteiger partial charge in [0.15, 0.2) is 0 Å². The first-order chi connectivity index (χ1) is 7.81. The number of nitrogens with one attached hydrogen (secondary N) is 1. The van der Waals surface area contributed by atoms with Crippen LogP contribution in [0.25, 0.3) is 0 Å². The van der Waals surface area contributed by atoms with Crippen LogP contribution in [-0.4, -0.2) is 7.05 Å². The van der Waals surface area contributed by atoms with Gasteiger partial charge in [-0.15, -0.1) is 11.3 Å². The van der Waals surface area contributed by atoms with Crippen molar-refractivity contribution in [1.82, 2.24) is 5.32 Å². The van der Waals surface area contributed by atoms with Crippen molar-refractivity contribution in [3.63, 3.8) is 0 Å². The molecule has 2 aromatic rings. The van der Waals surface area contributed by atoms with Gasteiger partial charge in [-0.2, -0.15) is 11.3 Å². The van der Waals surface area contributed by atoms with Crippen LogP contribution in [-0.2, 0) is 6.42 Å². The van der Waals surface area contributed by atoms with E-state index in [4.69, 9.17) is 0 Å². The van der Waals surface area contributed by atoms with E-state index in [9.17, 15) is 0 Å². The summed E-state index contributed by atoms with van der Waals surface area (Å²) in [5.41, 5.74) is 1.44. The van der Waals surface area contributed by atoms with Gasteiger partial charge < -0.3 is 5.32 Å². The third-order valence-electron chi connectivity index (χ3n) is 2.61. The van der Waals surface area contributed by atoms with E-state index in [0.717, 1.165) is 12.8 Å². The van der Waals surface area contributed by atoms with Gasteiger partial charge in [0.2, 0.25) is 0 Å². The van der Waals surface area contributed by atoms with Crippen molar-refractivity contribution in [2.24, 2.45) is 0 Å². The first kappa shape index (κ1) is 12.3. The second-order valence-corrected chi connectivity index (χ2v) is 6.23. The summed E-state index contributed by atoms with van der Waals surface area (Å²) in [7, 11) is 2.03. The quantitative estimate of drug-likeness (QED) is 0.858. The Bertz CT molecular complexity index is 422. The van der Waals surface area contributed by atoms with Crippen LogP contribution in [0.15, 0.2) is 32.7 Å². The molecule has 1 N–H and O–H groups in total. The predicted octanol–water partition coefficient (Wildman–Crippen LogP) is 4.47. The number of hydrogen-bond acceptors (Lipinski definition) is 3. The fourth-order valence-electron chi connectivity index (χ4n) is 1.71. The molecule has 0 aliphatic rings. The van der Waals surface area contributed by atoms with E-state index < -0.39 is 0 Å². The summed E-state index contributed by atoms with van der Waals surface area (Å²) < 4.78 is 1.22. The number of rotatable bonds is 5. The molecule has 0 saturated carbocycles. The van der Waals surface area contributed by atoms with E-state index in [1.807, 2.05) is 18.4 Å². The third-order valence-corrected chi connectivity index (χ3v) is 5.33. The standard InChI is InChI=1S/C12H14BrNS2/c1-14-11(12-10(13)5-7-16-12)3-2-9-4-6-15-8-9/h4-8,11,14H,2-3H2,1H3. The Morgan fingerprint density at radius 1 is 1.38 bits per heavy atom. The summed E-state index contributed by atoms with van der Waals surface area (Å²) in [5.74, 6) is 0. The Labute approximate surface area is 113 Å². The van der Waals surface area contributed by atoms with Gasteiger partial charge in [-0.1, -0.05) is 0 Å². The van der Waals surface area contributed by atoms with Crippen molar-refractivity contribution in [3.8, 4) is 0 Å². The van der Waals surface area contributed by atoms with Crippen LogP contribution in [0, 0.1) is 0 Å². The first-order valence-corrected chi connectivity index (χ1v) is 7.84. The van der Waals surface area contributed by atoms with Crippen LogP contribution in [0.2, 0.25) is 0 Å². The highest BCUT2D eigenvalue weighted by Crippen LogP contribution is 2.31. The van der Waals surface area contributed by atoms with Gasteiger partial charge >= 0.3 is 0 Å².